The van der Waals surface area contributed by atoms with Crippen LogP contribution in [0.4, 0.5) is 5.69 Å². The van der Waals surface area contributed by atoms with E-state index < -0.39 is 26.4 Å². The van der Waals surface area contributed by atoms with Gasteiger partial charge in [-0.15, -0.1) is 0 Å². The molecule has 9 heteroatoms. The normalized spacial score (nSPS) is 23.9. The molecular weight excluding hydrogens is 298 g/mol. The van der Waals surface area contributed by atoms with E-state index in [2.05, 4.69) is 5.32 Å². The highest BCUT2D eigenvalue weighted by Crippen LogP contribution is 2.31. The molecule has 2 unspecified atom stereocenters. The van der Waals surface area contributed by atoms with E-state index in [1.54, 1.807) is 13.8 Å². The molecule has 1 heterocycles. The van der Waals surface area contributed by atoms with Gasteiger partial charge in [-0.1, -0.05) is 0 Å². The Balaban J connectivity index is 2.48. The van der Waals surface area contributed by atoms with Crippen LogP contribution in [0.25, 0.3) is 0 Å². The minimum atomic E-state index is -3.86. The van der Waals surface area contributed by atoms with Crippen LogP contribution in [0.15, 0.2) is 23.1 Å². The fraction of sp³-hybridized carbons (Fsp3) is 0.500. The number of hydrogen-bond donors (Lipinski definition) is 2. The largest absolute Gasteiger partial charge is 0.502 e. The number of hydrogen-bond acceptors (Lipinski definition) is 6. The average molecular weight is 315 g/mol. The van der Waals surface area contributed by atoms with E-state index in [9.17, 15) is 23.6 Å². The van der Waals surface area contributed by atoms with E-state index in [1.807, 2.05) is 0 Å². The highest BCUT2D eigenvalue weighted by atomic mass is 32.2. The fourth-order valence-electron chi connectivity index (χ4n) is 2.52. The van der Waals surface area contributed by atoms with Gasteiger partial charge >= 0.3 is 5.69 Å². The van der Waals surface area contributed by atoms with Crippen molar-refractivity contribution in [3.63, 3.8) is 0 Å². The van der Waals surface area contributed by atoms with Crippen molar-refractivity contribution in [2.45, 2.75) is 30.8 Å². The molecule has 2 atom stereocenters. The van der Waals surface area contributed by atoms with Gasteiger partial charge in [0.2, 0.25) is 10.0 Å². The molecule has 1 fully saturated rings. The Morgan fingerprint density at radius 3 is 2.43 bits per heavy atom. The average Bonchev–Trinajstić information content (AvgIpc) is 2.38. The van der Waals surface area contributed by atoms with Crippen LogP contribution in [0.1, 0.15) is 13.8 Å². The van der Waals surface area contributed by atoms with E-state index in [-0.39, 0.29) is 17.0 Å². The van der Waals surface area contributed by atoms with E-state index in [0.29, 0.717) is 13.1 Å². The van der Waals surface area contributed by atoms with Gasteiger partial charge in [-0.3, -0.25) is 10.1 Å². The van der Waals surface area contributed by atoms with Gasteiger partial charge < -0.3 is 10.4 Å². The second-order valence-electron chi connectivity index (χ2n) is 5.10. The van der Waals surface area contributed by atoms with Gasteiger partial charge in [-0.25, -0.2) is 8.42 Å². The third kappa shape index (κ3) is 2.85. The zero-order chi connectivity index (χ0) is 15.8. The van der Waals surface area contributed by atoms with Crippen LogP contribution < -0.4 is 5.32 Å². The molecule has 2 N–H and O–H groups in total. The molecule has 116 valence electrons. The minimum Gasteiger partial charge on any atom is -0.502 e. The summed E-state index contributed by atoms with van der Waals surface area (Å²) >= 11 is 0. The van der Waals surface area contributed by atoms with Crippen molar-refractivity contribution in [3.8, 4) is 5.75 Å². The quantitative estimate of drug-likeness (QED) is 0.626. The van der Waals surface area contributed by atoms with Gasteiger partial charge in [0, 0.05) is 31.2 Å². The Bertz CT molecular complexity index is 651. The zero-order valence-electron chi connectivity index (χ0n) is 11.7. The molecule has 0 radical (unpaired) electrons. The summed E-state index contributed by atoms with van der Waals surface area (Å²) in [4.78, 5) is 9.84. The molecule has 1 aliphatic rings. The molecule has 2 rings (SSSR count). The lowest BCUT2D eigenvalue weighted by atomic mass is 10.2. The molecule has 1 aromatic rings. The molecule has 21 heavy (non-hydrogen) atoms. The first kappa shape index (κ1) is 15.7. The molecular formula is C12H17N3O5S. The summed E-state index contributed by atoms with van der Waals surface area (Å²) in [7, 11) is -3.86. The number of phenols is 1. The molecule has 0 bridgehead atoms. The number of aromatic hydroxyl groups is 1. The van der Waals surface area contributed by atoms with Crippen LogP contribution in [-0.4, -0.2) is 47.9 Å². The first-order chi connectivity index (χ1) is 9.75. The molecule has 0 aromatic heterocycles. The fourth-order valence-corrected chi connectivity index (χ4v) is 4.36. The minimum absolute atomic E-state index is 0.187. The Kier molecular flexibility index (Phi) is 4.17. The zero-order valence-corrected chi connectivity index (χ0v) is 12.5. The summed E-state index contributed by atoms with van der Waals surface area (Å²) < 4.78 is 26.7. The van der Waals surface area contributed by atoms with Crippen LogP contribution in [0.3, 0.4) is 0 Å². The molecule has 0 saturated carbocycles. The van der Waals surface area contributed by atoms with E-state index in [1.165, 1.54) is 10.4 Å². The van der Waals surface area contributed by atoms with Crippen molar-refractivity contribution >= 4 is 15.7 Å². The van der Waals surface area contributed by atoms with Gasteiger partial charge in [0.1, 0.15) is 0 Å². The number of benzene rings is 1. The van der Waals surface area contributed by atoms with Gasteiger partial charge in [0.05, 0.1) is 9.82 Å². The number of phenolic OH excluding ortho intramolecular Hbond substituents is 1. The molecule has 1 saturated heterocycles. The Morgan fingerprint density at radius 2 is 1.90 bits per heavy atom. The maximum Gasteiger partial charge on any atom is 0.312 e. The van der Waals surface area contributed by atoms with Gasteiger partial charge in [-0.05, 0) is 26.0 Å². The van der Waals surface area contributed by atoms with Crippen LogP contribution in [-0.2, 0) is 10.0 Å². The molecule has 1 aromatic carbocycles. The summed E-state index contributed by atoms with van der Waals surface area (Å²) in [6.07, 6.45) is 0. The van der Waals surface area contributed by atoms with Crippen molar-refractivity contribution in [2.75, 3.05) is 13.1 Å². The topological polar surface area (TPSA) is 113 Å². The molecule has 1 aliphatic heterocycles. The molecule has 8 nitrogen and oxygen atoms in total. The van der Waals surface area contributed by atoms with Crippen molar-refractivity contribution in [3.05, 3.63) is 28.3 Å². The summed E-state index contributed by atoms with van der Waals surface area (Å²) in [6, 6.07) is 2.59. The van der Waals surface area contributed by atoms with Crippen LogP contribution >= 0.6 is 0 Å². The van der Waals surface area contributed by atoms with E-state index in [4.69, 9.17) is 0 Å². The van der Waals surface area contributed by atoms with Gasteiger partial charge in [0.15, 0.2) is 5.75 Å². The number of nitrogens with zero attached hydrogens (tertiary/aromatic N) is 2. The summed E-state index contributed by atoms with van der Waals surface area (Å²) in [5, 5.41) is 23.4. The first-order valence-corrected chi connectivity index (χ1v) is 7.91. The highest BCUT2D eigenvalue weighted by molar-refractivity contribution is 7.89. The van der Waals surface area contributed by atoms with Gasteiger partial charge in [0.25, 0.3) is 0 Å². The SMILES string of the molecule is CC1CNCC(C)N1S(=O)(=O)c1ccc(O)c([N+](=O)[O-])c1. The predicted molar refractivity (Wildman–Crippen MR) is 75.6 cm³/mol. The van der Waals surface area contributed by atoms with E-state index in [0.717, 1.165) is 12.1 Å². The summed E-state index contributed by atoms with van der Waals surface area (Å²) in [5.74, 6) is -0.555. The Hall–Kier alpha value is -1.71. The molecule has 0 spiro atoms. The first-order valence-electron chi connectivity index (χ1n) is 6.47. The number of nitrogens with one attached hydrogen (secondary N) is 1. The number of nitro benzene ring substituents is 1. The van der Waals surface area contributed by atoms with Crippen molar-refractivity contribution in [1.29, 1.82) is 0 Å². The highest BCUT2D eigenvalue weighted by Gasteiger charge is 2.36. The lowest BCUT2D eigenvalue weighted by molar-refractivity contribution is -0.386. The van der Waals surface area contributed by atoms with Crippen LogP contribution in [0.5, 0.6) is 5.75 Å². The van der Waals surface area contributed by atoms with Crippen molar-refractivity contribution in [2.24, 2.45) is 0 Å². The maximum absolute atomic E-state index is 12.7. The van der Waals surface area contributed by atoms with Crippen LogP contribution in [0, 0.1) is 10.1 Å². The number of nitro groups is 1. The lowest BCUT2D eigenvalue weighted by Crippen LogP contribution is -2.57. The molecule has 0 aliphatic carbocycles. The standard InChI is InChI=1S/C12H17N3O5S/c1-8-6-13-7-9(2)14(8)21(19,20)10-3-4-12(16)11(5-10)15(17)18/h3-5,8-9,13,16H,6-7H2,1-2H3. The van der Waals surface area contributed by atoms with Crippen LogP contribution in [0.2, 0.25) is 0 Å². The smallest absolute Gasteiger partial charge is 0.312 e. The Labute approximate surface area is 122 Å². The van der Waals surface area contributed by atoms with Crippen molar-refractivity contribution in [1.82, 2.24) is 9.62 Å². The second-order valence-corrected chi connectivity index (χ2v) is 6.94. The maximum atomic E-state index is 12.7. The number of piperazine rings is 1. The van der Waals surface area contributed by atoms with Crippen molar-refractivity contribution < 1.29 is 18.4 Å². The summed E-state index contributed by atoms with van der Waals surface area (Å²) in [5.41, 5.74) is -0.619. The third-order valence-electron chi connectivity index (χ3n) is 3.47. The predicted octanol–water partition coefficient (Wildman–Crippen LogP) is 0.671. The summed E-state index contributed by atoms with van der Waals surface area (Å²) in [6.45, 7) is 4.58. The molecule has 0 amide bonds. The number of rotatable bonds is 3. The monoisotopic (exact) mass is 315 g/mol. The number of sulfonamides is 1. The second kappa shape index (κ2) is 5.58. The third-order valence-corrected chi connectivity index (χ3v) is 5.59. The Morgan fingerprint density at radius 1 is 1.33 bits per heavy atom. The lowest BCUT2D eigenvalue weighted by Gasteiger charge is -2.38. The van der Waals surface area contributed by atoms with Gasteiger partial charge in [-0.2, -0.15) is 4.31 Å². The van der Waals surface area contributed by atoms with E-state index >= 15 is 0 Å².